The van der Waals surface area contributed by atoms with Gasteiger partial charge in [0.1, 0.15) is 0 Å². The van der Waals surface area contributed by atoms with Crippen molar-refractivity contribution in [3.05, 3.63) is 0 Å². The number of hydrogen-bond donors (Lipinski definition) is 7. The van der Waals surface area contributed by atoms with Crippen LogP contribution in [0.25, 0.3) is 0 Å². The van der Waals surface area contributed by atoms with E-state index in [4.69, 9.17) is 10.2 Å². The van der Waals surface area contributed by atoms with Gasteiger partial charge >= 0.3 is 11.9 Å². The lowest BCUT2D eigenvalue weighted by Crippen LogP contribution is -2.34. The third-order valence-electron chi connectivity index (χ3n) is 5.86. The number of unbranched alkanes of at least 4 members (excludes halogenated alkanes) is 8. The summed E-state index contributed by atoms with van der Waals surface area (Å²) >= 11 is 0. The van der Waals surface area contributed by atoms with E-state index in [0.717, 1.165) is 117 Å². The van der Waals surface area contributed by atoms with Gasteiger partial charge in [0.2, 0.25) is 0 Å². The van der Waals surface area contributed by atoms with Crippen molar-refractivity contribution in [1.82, 2.24) is 26.6 Å². The molecule has 0 aromatic heterocycles. The molecule has 0 atom stereocenters. The van der Waals surface area contributed by atoms with E-state index in [1.165, 1.54) is 25.7 Å². The lowest BCUT2D eigenvalue weighted by molar-refractivity contribution is -0.138. The van der Waals surface area contributed by atoms with Crippen molar-refractivity contribution in [1.29, 1.82) is 0 Å². The molecular formula is C26H55N5O4. The largest absolute Gasteiger partial charge is 0.481 e. The number of nitrogens with one attached hydrogen (secondary N) is 5. The summed E-state index contributed by atoms with van der Waals surface area (Å²) in [5.41, 5.74) is 0. The molecule has 0 aliphatic carbocycles. The van der Waals surface area contributed by atoms with Crippen LogP contribution >= 0.6 is 0 Å². The Hall–Kier alpha value is -1.26. The second-order valence-corrected chi connectivity index (χ2v) is 9.28. The van der Waals surface area contributed by atoms with Gasteiger partial charge in [-0.15, -0.1) is 0 Å². The zero-order valence-electron chi connectivity index (χ0n) is 22.2. The van der Waals surface area contributed by atoms with E-state index in [-0.39, 0.29) is 0 Å². The molecule has 0 aliphatic heterocycles. The second kappa shape index (κ2) is 29.0. The van der Waals surface area contributed by atoms with Crippen LogP contribution in [-0.4, -0.2) is 87.6 Å². The van der Waals surface area contributed by atoms with Gasteiger partial charge in [0.15, 0.2) is 0 Å². The number of hydrogen-bond acceptors (Lipinski definition) is 7. The number of aliphatic carboxylic acids is 2. The maximum Gasteiger partial charge on any atom is 0.303 e. The molecular weight excluding hydrogens is 446 g/mol. The zero-order valence-corrected chi connectivity index (χ0v) is 22.2. The maximum absolute atomic E-state index is 10.4. The minimum absolute atomic E-state index is 0.304. The molecule has 0 heterocycles. The Morgan fingerprint density at radius 2 is 0.600 bits per heavy atom. The molecule has 0 aliphatic rings. The van der Waals surface area contributed by atoms with Crippen LogP contribution in [0.15, 0.2) is 0 Å². The van der Waals surface area contributed by atoms with Crippen LogP contribution in [0, 0.1) is 0 Å². The van der Waals surface area contributed by atoms with Gasteiger partial charge in [-0.05, 0) is 77.8 Å². The lowest BCUT2D eigenvalue weighted by Gasteiger charge is -2.09. The standard InChI is InChI=1S/C26H55N5O4/c32-25(33)13-7-3-1-5-9-15-27-17-11-19-29-21-23-31-24-22-30-20-12-18-28-16-10-6-2-4-8-14-26(34)35/h27-31H,1-24H2,(H,32,33)(H,34,35). The molecule has 0 aromatic rings. The van der Waals surface area contributed by atoms with Crippen molar-refractivity contribution in [3.8, 4) is 0 Å². The van der Waals surface area contributed by atoms with E-state index < -0.39 is 11.9 Å². The predicted octanol–water partition coefficient (Wildman–Crippen LogP) is 2.57. The average molecular weight is 502 g/mol. The van der Waals surface area contributed by atoms with Crippen molar-refractivity contribution >= 4 is 11.9 Å². The topological polar surface area (TPSA) is 135 Å². The smallest absolute Gasteiger partial charge is 0.303 e. The summed E-state index contributed by atoms with van der Waals surface area (Å²) in [6, 6.07) is 0. The molecule has 208 valence electrons. The summed E-state index contributed by atoms with van der Waals surface area (Å²) in [5.74, 6) is -1.37. The van der Waals surface area contributed by atoms with Crippen molar-refractivity contribution in [2.45, 2.75) is 89.9 Å². The van der Waals surface area contributed by atoms with Crippen LogP contribution in [0.5, 0.6) is 0 Å². The van der Waals surface area contributed by atoms with Crippen molar-refractivity contribution < 1.29 is 19.8 Å². The summed E-state index contributed by atoms with van der Waals surface area (Å²) < 4.78 is 0. The third kappa shape index (κ3) is 32.7. The molecule has 9 heteroatoms. The summed E-state index contributed by atoms with van der Waals surface area (Å²) in [5, 5.41) is 34.5. The minimum Gasteiger partial charge on any atom is -0.481 e. The van der Waals surface area contributed by atoms with E-state index in [9.17, 15) is 9.59 Å². The Morgan fingerprint density at radius 1 is 0.343 bits per heavy atom. The molecule has 0 saturated carbocycles. The van der Waals surface area contributed by atoms with E-state index in [2.05, 4.69) is 26.6 Å². The summed E-state index contributed by atoms with van der Waals surface area (Å²) in [6.07, 6.45) is 13.5. The fourth-order valence-electron chi connectivity index (χ4n) is 3.77. The molecule has 0 saturated heterocycles. The summed E-state index contributed by atoms with van der Waals surface area (Å²) in [7, 11) is 0. The average Bonchev–Trinajstić information content (AvgIpc) is 2.82. The monoisotopic (exact) mass is 501 g/mol. The van der Waals surface area contributed by atoms with Gasteiger partial charge in [-0.3, -0.25) is 9.59 Å². The highest BCUT2D eigenvalue weighted by Gasteiger charge is 1.98. The van der Waals surface area contributed by atoms with Crippen molar-refractivity contribution in [2.75, 3.05) is 65.4 Å². The highest BCUT2D eigenvalue weighted by molar-refractivity contribution is 5.66. The second-order valence-electron chi connectivity index (χ2n) is 9.28. The minimum atomic E-state index is -0.684. The van der Waals surface area contributed by atoms with Gasteiger partial charge in [0.25, 0.3) is 0 Å². The lowest BCUT2D eigenvalue weighted by atomic mass is 10.1. The third-order valence-corrected chi connectivity index (χ3v) is 5.86. The molecule has 9 nitrogen and oxygen atoms in total. The quantitative estimate of drug-likeness (QED) is 0.0741. The Morgan fingerprint density at radius 3 is 0.971 bits per heavy atom. The van der Waals surface area contributed by atoms with Crippen LogP contribution in [0.4, 0.5) is 0 Å². The maximum atomic E-state index is 10.4. The summed E-state index contributed by atoms with van der Waals surface area (Å²) in [4.78, 5) is 20.9. The highest BCUT2D eigenvalue weighted by atomic mass is 16.4. The first-order valence-corrected chi connectivity index (χ1v) is 14.1. The molecule has 0 aromatic carbocycles. The Bertz CT molecular complexity index is 429. The molecule has 35 heavy (non-hydrogen) atoms. The number of carbonyl (C=O) groups is 2. The van der Waals surface area contributed by atoms with Gasteiger partial charge in [0.05, 0.1) is 0 Å². The molecule has 7 N–H and O–H groups in total. The van der Waals surface area contributed by atoms with E-state index in [1.807, 2.05) is 0 Å². The van der Waals surface area contributed by atoms with Crippen molar-refractivity contribution in [2.24, 2.45) is 0 Å². The molecule has 0 rings (SSSR count). The van der Waals surface area contributed by atoms with Gasteiger partial charge in [-0.1, -0.05) is 38.5 Å². The van der Waals surface area contributed by atoms with E-state index in [1.54, 1.807) is 0 Å². The number of carboxylic acids is 2. The van der Waals surface area contributed by atoms with Crippen LogP contribution in [-0.2, 0) is 9.59 Å². The molecule has 0 spiro atoms. The van der Waals surface area contributed by atoms with Gasteiger partial charge < -0.3 is 36.8 Å². The molecule has 0 amide bonds. The Balaban J connectivity index is 3.03. The van der Waals surface area contributed by atoms with E-state index >= 15 is 0 Å². The normalized spacial score (nSPS) is 11.2. The predicted molar refractivity (Wildman–Crippen MR) is 144 cm³/mol. The van der Waals surface area contributed by atoms with Gasteiger partial charge in [-0.25, -0.2) is 0 Å². The Kier molecular flexibility index (Phi) is 27.9. The van der Waals surface area contributed by atoms with Crippen LogP contribution < -0.4 is 26.6 Å². The van der Waals surface area contributed by atoms with E-state index in [0.29, 0.717) is 12.8 Å². The molecule has 0 radical (unpaired) electrons. The zero-order chi connectivity index (χ0) is 25.7. The first kappa shape index (κ1) is 33.7. The first-order valence-electron chi connectivity index (χ1n) is 14.1. The highest BCUT2D eigenvalue weighted by Crippen LogP contribution is 2.05. The Labute approximate surface area is 214 Å². The molecule has 0 unspecified atom stereocenters. The first-order chi connectivity index (χ1) is 17.1. The number of rotatable bonds is 30. The summed E-state index contributed by atoms with van der Waals surface area (Å²) in [6.45, 7) is 10.3. The van der Waals surface area contributed by atoms with Gasteiger partial charge in [0, 0.05) is 39.0 Å². The number of carboxylic acid groups (broad SMARTS) is 2. The fraction of sp³-hybridized carbons (Fsp3) is 0.923. The van der Waals surface area contributed by atoms with Crippen LogP contribution in [0.3, 0.4) is 0 Å². The van der Waals surface area contributed by atoms with Crippen LogP contribution in [0.2, 0.25) is 0 Å². The fourth-order valence-corrected chi connectivity index (χ4v) is 3.77. The van der Waals surface area contributed by atoms with Crippen LogP contribution in [0.1, 0.15) is 89.9 Å². The van der Waals surface area contributed by atoms with Gasteiger partial charge in [-0.2, -0.15) is 0 Å². The molecule has 0 bridgehead atoms. The molecule has 0 fully saturated rings. The van der Waals surface area contributed by atoms with Crippen molar-refractivity contribution in [3.63, 3.8) is 0 Å². The SMILES string of the molecule is O=C(O)CCCCCCCNCCCNCCNCCNCCCNCCCCCCCC(=O)O.